The molecule has 2 amide bonds. The molecule has 3 aromatic carbocycles. The second-order valence-corrected chi connectivity index (χ2v) is 12.3. The summed E-state index contributed by atoms with van der Waals surface area (Å²) in [5.41, 5.74) is 2.54. The summed E-state index contributed by atoms with van der Waals surface area (Å²) in [5.74, 6) is 1.56. The topological polar surface area (TPSA) is 110 Å². The highest BCUT2D eigenvalue weighted by Gasteiger charge is 2.26. The Kier molecular flexibility index (Phi) is 11.9. The molecule has 1 N–H and O–H groups in total. The zero-order chi connectivity index (χ0) is 33.0. The molecule has 10 nitrogen and oxygen atoms in total. The van der Waals surface area contributed by atoms with Gasteiger partial charge in [-0.3, -0.25) is 14.9 Å². The smallest absolute Gasteiger partial charge is 0.419 e. The maximum Gasteiger partial charge on any atom is 0.419 e. The first kappa shape index (κ1) is 33.5. The van der Waals surface area contributed by atoms with Crippen molar-refractivity contribution in [2.24, 2.45) is 10.9 Å². The van der Waals surface area contributed by atoms with E-state index in [-0.39, 0.29) is 37.5 Å². The SMILES string of the molecule is CC(COC(=O)CN1Cc2cc(OCCCC(=O)N(C)CC3CCCC3)ccc2N=C1NC(=O)Oc1ccccc1)c1ccccc1. The van der Waals surface area contributed by atoms with Crippen molar-refractivity contribution in [1.29, 1.82) is 0 Å². The maximum absolute atomic E-state index is 13.0. The van der Waals surface area contributed by atoms with Crippen LogP contribution in [-0.2, 0) is 20.9 Å². The van der Waals surface area contributed by atoms with E-state index in [9.17, 15) is 14.4 Å². The number of fused-ring (bicyclic) bond motifs is 1. The number of rotatable bonds is 13. The molecule has 1 fully saturated rings. The van der Waals surface area contributed by atoms with Crippen LogP contribution in [0, 0.1) is 5.92 Å². The van der Waals surface area contributed by atoms with Crippen LogP contribution in [0.2, 0.25) is 0 Å². The van der Waals surface area contributed by atoms with Crippen LogP contribution in [0.1, 0.15) is 62.5 Å². The Morgan fingerprint density at radius 1 is 0.979 bits per heavy atom. The van der Waals surface area contributed by atoms with E-state index < -0.39 is 12.1 Å². The zero-order valence-corrected chi connectivity index (χ0v) is 27.2. The molecule has 5 rings (SSSR count). The molecule has 47 heavy (non-hydrogen) atoms. The molecule has 0 radical (unpaired) electrons. The summed E-state index contributed by atoms with van der Waals surface area (Å²) in [4.78, 5) is 46.5. The van der Waals surface area contributed by atoms with Crippen molar-refractivity contribution in [2.45, 2.75) is 57.9 Å². The lowest BCUT2D eigenvalue weighted by atomic mass is 10.0. The van der Waals surface area contributed by atoms with Crippen LogP contribution in [0.25, 0.3) is 0 Å². The molecule has 1 atom stereocenters. The fourth-order valence-electron chi connectivity index (χ4n) is 5.89. The quantitative estimate of drug-likeness (QED) is 0.169. The summed E-state index contributed by atoms with van der Waals surface area (Å²) in [6.07, 6.45) is 5.28. The van der Waals surface area contributed by atoms with E-state index in [1.807, 2.05) is 73.5 Å². The third-order valence-corrected chi connectivity index (χ3v) is 8.52. The Morgan fingerprint density at radius 2 is 1.70 bits per heavy atom. The number of amides is 2. The van der Waals surface area contributed by atoms with Crippen molar-refractivity contribution < 1.29 is 28.6 Å². The molecule has 0 spiro atoms. The number of ether oxygens (including phenoxy) is 3. The van der Waals surface area contributed by atoms with Gasteiger partial charge in [-0.05, 0) is 61.1 Å². The van der Waals surface area contributed by atoms with E-state index in [1.165, 1.54) is 25.7 Å². The summed E-state index contributed by atoms with van der Waals surface area (Å²) in [7, 11) is 1.89. The summed E-state index contributed by atoms with van der Waals surface area (Å²) in [6, 6.07) is 24.1. The molecule has 1 heterocycles. The lowest BCUT2D eigenvalue weighted by molar-refractivity contribution is -0.144. The van der Waals surface area contributed by atoms with Crippen molar-refractivity contribution in [3.63, 3.8) is 0 Å². The number of nitrogens with one attached hydrogen (secondary N) is 1. The second-order valence-electron chi connectivity index (χ2n) is 12.3. The number of aliphatic imine (C=N–C) groups is 1. The van der Waals surface area contributed by atoms with Crippen molar-refractivity contribution in [3.8, 4) is 11.5 Å². The van der Waals surface area contributed by atoms with Gasteiger partial charge in [-0.15, -0.1) is 0 Å². The Hall–Kier alpha value is -4.86. The minimum absolute atomic E-state index is 0.0250. The number of esters is 1. The monoisotopic (exact) mass is 640 g/mol. The average Bonchev–Trinajstić information content (AvgIpc) is 3.59. The van der Waals surface area contributed by atoms with Crippen molar-refractivity contribution in [3.05, 3.63) is 90.0 Å². The minimum atomic E-state index is -0.724. The third-order valence-electron chi connectivity index (χ3n) is 8.52. The normalized spacial score (nSPS) is 14.9. The Morgan fingerprint density at radius 3 is 2.45 bits per heavy atom. The number of para-hydroxylation sites is 1. The van der Waals surface area contributed by atoms with Gasteiger partial charge in [0.25, 0.3) is 0 Å². The average molecular weight is 641 g/mol. The minimum Gasteiger partial charge on any atom is -0.494 e. The molecule has 10 heteroatoms. The Bertz CT molecular complexity index is 1520. The number of carbonyl (C=O) groups is 3. The Labute approximate surface area is 276 Å². The molecular weight excluding hydrogens is 596 g/mol. The highest BCUT2D eigenvalue weighted by atomic mass is 16.6. The highest BCUT2D eigenvalue weighted by Crippen LogP contribution is 2.30. The highest BCUT2D eigenvalue weighted by molar-refractivity contribution is 5.98. The van der Waals surface area contributed by atoms with Crippen LogP contribution in [0.3, 0.4) is 0 Å². The molecule has 3 aromatic rings. The summed E-state index contributed by atoms with van der Waals surface area (Å²) in [6.45, 7) is 3.61. The molecule has 0 bridgehead atoms. The van der Waals surface area contributed by atoms with Gasteiger partial charge in [0.05, 0.1) is 18.9 Å². The molecule has 1 aliphatic carbocycles. The van der Waals surface area contributed by atoms with Crippen LogP contribution in [0.4, 0.5) is 10.5 Å². The Balaban J connectivity index is 1.19. The number of guanidine groups is 1. The molecule has 2 aliphatic rings. The predicted octanol–water partition coefficient (Wildman–Crippen LogP) is 6.43. The molecule has 1 saturated carbocycles. The maximum atomic E-state index is 13.0. The van der Waals surface area contributed by atoms with E-state index in [0.717, 1.165) is 17.7 Å². The van der Waals surface area contributed by atoms with E-state index in [1.54, 1.807) is 29.2 Å². The molecular formula is C37H44N4O6. The third kappa shape index (κ3) is 10.1. The van der Waals surface area contributed by atoms with E-state index in [0.29, 0.717) is 42.6 Å². The van der Waals surface area contributed by atoms with Crippen molar-refractivity contribution in [2.75, 3.05) is 33.4 Å². The number of nitrogens with zero attached hydrogens (tertiary/aromatic N) is 3. The molecule has 0 saturated heterocycles. The van der Waals surface area contributed by atoms with E-state index in [4.69, 9.17) is 14.2 Å². The van der Waals surface area contributed by atoms with Gasteiger partial charge >= 0.3 is 12.1 Å². The van der Waals surface area contributed by atoms with E-state index in [2.05, 4.69) is 10.3 Å². The second kappa shape index (κ2) is 16.6. The predicted molar refractivity (Wildman–Crippen MR) is 180 cm³/mol. The van der Waals surface area contributed by atoms with E-state index >= 15 is 0 Å². The standard InChI is InChI=1S/C37H44N4O6/c1-27(29-14-5-3-6-15-29)26-46-35(43)25-41-24-30-22-32(45-21-11-18-34(42)40(2)23-28-12-9-10-13-28)19-20-33(30)38-36(41)39-37(44)47-31-16-7-4-8-17-31/h3-8,14-17,19-20,22,27-28H,9-13,18,21,23-26H2,1-2H3,(H,38,39,44). The van der Waals surface area contributed by atoms with Gasteiger partial charge in [0.15, 0.2) is 0 Å². The number of benzene rings is 3. The zero-order valence-electron chi connectivity index (χ0n) is 27.2. The largest absolute Gasteiger partial charge is 0.494 e. The fraction of sp³-hybridized carbons (Fsp3) is 0.405. The lowest BCUT2D eigenvalue weighted by Crippen LogP contribution is -2.48. The van der Waals surface area contributed by atoms with Crippen LogP contribution in [0.5, 0.6) is 11.5 Å². The lowest BCUT2D eigenvalue weighted by Gasteiger charge is -2.29. The molecule has 1 unspecified atom stereocenters. The summed E-state index contributed by atoms with van der Waals surface area (Å²) in [5, 5.41) is 2.69. The summed E-state index contributed by atoms with van der Waals surface area (Å²) >= 11 is 0. The number of hydrogen-bond donors (Lipinski definition) is 1. The van der Waals surface area contributed by atoms with Gasteiger partial charge in [-0.25, -0.2) is 9.79 Å². The summed E-state index contributed by atoms with van der Waals surface area (Å²) < 4.78 is 17.0. The molecule has 0 aromatic heterocycles. The molecule has 248 valence electrons. The first-order valence-electron chi connectivity index (χ1n) is 16.4. The molecule has 1 aliphatic heterocycles. The van der Waals surface area contributed by atoms with Crippen LogP contribution in [0.15, 0.2) is 83.9 Å². The van der Waals surface area contributed by atoms with Gasteiger partial charge in [-0.2, -0.15) is 0 Å². The van der Waals surface area contributed by atoms with Crippen LogP contribution < -0.4 is 14.8 Å². The van der Waals surface area contributed by atoms with Crippen molar-refractivity contribution >= 4 is 29.6 Å². The fourth-order valence-corrected chi connectivity index (χ4v) is 5.89. The van der Waals surface area contributed by atoms with Crippen LogP contribution in [-0.4, -0.2) is 67.1 Å². The van der Waals surface area contributed by atoms with Gasteiger partial charge in [0.2, 0.25) is 11.9 Å². The number of carbonyl (C=O) groups excluding carboxylic acids is 3. The van der Waals surface area contributed by atoms with Gasteiger partial charge in [0, 0.05) is 38.0 Å². The van der Waals surface area contributed by atoms with Crippen molar-refractivity contribution in [1.82, 2.24) is 15.1 Å². The van der Waals surface area contributed by atoms with Gasteiger partial charge in [0.1, 0.15) is 18.0 Å². The van der Waals surface area contributed by atoms with Gasteiger partial charge < -0.3 is 24.0 Å². The first-order chi connectivity index (χ1) is 22.8. The van der Waals surface area contributed by atoms with Crippen LogP contribution >= 0.6 is 0 Å². The van der Waals surface area contributed by atoms with Gasteiger partial charge in [-0.1, -0.05) is 68.3 Å². The first-order valence-corrected chi connectivity index (χ1v) is 16.4. The number of hydrogen-bond acceptors (Lipinski definition) is 8.